The van der Waals surface area contributed by atoms with Crippen molar-refractivity contribution in [3.05, 3.63) is 95.6 Å². The van der Waals surface area contributed by atoms with E-state index in [1.165, 1.54) is 33.4 Å². The average Bonchev–Trinajstić information content (AvgIpc) is 3.42. The van der Waals surface area contributed by atoms with Crippen LogP contribution in [0.1, 0.15) is 34.7 Å². The van der Waals surface area contributed by atoms with Crippen molar-refractivity contribution in [3.63, 3.8) is 0 Å². The molecule has 37 heavy (non-hydrogen) atoms. The van der Waals surface area contributed by atoms with E-state index in [9.17, 15) is 0 Å². The number of rotatable bonds is 6. The molecular formula is C30H33N5OS. The van der Waals surface area contributed by atoms with Gasteiger partial charge in [0.15, 0.2) is 5.11 Å². The quantitative estimate of drug-likeness (QED) is 0.370. The number of aromatic nitrogens is 2. The molecule has 2 aliphatic heterocycles. The average molecular weight is 512 g/mol. The number of thiocarbonyl (C=S) groups is 1. The fraction of sp³-hybridized carbons (Fsp3) is 0.333. The minimum absolute atomic E-state index is 0.0140. The van der Waals surface area contributed by atoms with Crippen LogP contribution in [0.25, 0.3) is 16.5 Å². The first-order chi connectivity index (χ1) is 18.1. The van der Waals surface area contributed by atoms with Crippen molar-refractivity contribution in [1.82, 2.24) is 24.7 Å². The maximum atomic E-state index is 5.94. The second-order valence-electron chi connectivity index (χ2n) is 9.93. The third-order valence-corrected chi connectivity index (χ3v) is 8.11. The number of nitrogens with zero attached hydrogens (tertiary/aromatic N) is 4. The number of morpholine rings is 1. The molecule has 6 nitrogen and oxygen atoms in total. The second kappa shape index (κ2) is 10.2. The Morgan fingerprint density at radius 1 is 0.973 bits per heavy atom. The van der Waals surface area contributed by atoms with Gasteiger partial charge in [-0.15, -0.1) is 0 Å². The highest BCUT2D eigenvalue weighted by atomic mass is 32.1. The molecule has 2 aromatic carbocycles. The summed E-state index contributed by atoms with van der Waals surface area (Å²) in [6, 6.07) is 23.6. The first-order valence-electron chi connectivity index (χ1n) is 13.1. The van der Waals surface area contributed by atoms with Gasteiger partial charge in [0.05, 0.1) is 36.7 Å². The number of nitrogens with one attached hydrogen (secondary N) is 1. The van der Waals surface area contributed by atoms with E-state index in [2.05, 4.69) is 94.2 Å². The second-order valence-corrected chi connectivity index (χ2v) is 10.3. The molecule has 2 aliphatic rings. The minimum Gasteiger partial charge on any atom is -0.379 e. The first-order valence-corrected chi connectivity index (χ1v) is 13.5. The summed E-state index contributed by atoms with van der Waals surface area (Å²) in [5, 5.41) is 6.92. The lowest BCUT2D eigenvalue weighted by molar-refractivity contribution is 0.0350. The van der Waals surface area contributed by atoms with E-state index in [4.69, 9.17) is 21.9 Å². The maximum Gasteiger partial charge on any atom is 0.170 e. The molecule has 0 unspecified atom stereocenters. The van der Waals surface area contributed by atoms with Crippen LogP contribution in [0.15, 0.2) is 72.9 Å². The largest absolute Gasteiger partial charge is 0.379 e. The Labute approximate surface area is 223 Å². The van der Waals surface area contributed by atoms with Crippen molar-refractivity contribution >= 4 is 28.1 Å². The van der Waals surface area contributed by atoms with E-state index in [0.29, 0.717) is 0 Å². The normalized spacial score (nSPS) is 20.5. The Morgan fingerprint density at radius 3 is 2.57 bits per heavy atom. The van der Waals surface area contributed by atoms with Crippen LogP contribution < -0.4 is 5.32 Å². The van der Waals surface area contributed by atoms with Crippen molar-refractivity contribution < 1.29 is 4.74 Å². The zero-order valence-corrected chi connectivity index (χ0v) is 22.2. The molecule has 0 bridgehead atoms. The summed E-state index contributed by atoms with van der Waals surface area (Å²) in [4.78, 5) is 9.57. The van der Waals surface area contributed by atoms with Crippen LogP contribution >= 0.6 is 12.2 Å². The zero-order chi connectivity index (χ0) is 25.4. The summed E-state index contributed by atoms with van der Waals surface area (Å²) >= 11 is 5.94. The van der Waals surface area contributed by atoms with Gasteiger partial charge in [-0.05, 0) is 61.3 Å². The van der Waals surface area contributed by atoms with E-state index < -0.39 is 0 Å². The van der Waals surface area contributed by atoms with Gasteiger partial charge in [0.2, 0.25) is 0 Å². The van der Waals surface area contributed by atoms with Crippen LogP contribution in [-0.2, 0) is 4.74 Å². The molecule has 0 spiro atoms. The van der Waals surface area contributed by atoms with Gasteiger partial charge in [0.25, 0.3) is 0 Å². The first kappa shape index (κ1) is 24.1. The molecular weight excluding hydrogens is 478 g/mol. The molecule has 2 saturated heterocycles. The summed E-state index contributed by atoms with van der Waals surface area (Å²) in [5.41, 5.74) is 5.97. The summed E-state index contributed by atoms with van der Waals surface area (Å²) in [6.07, 6.45) is 1.87. The van der Waals surface area contributed by atoms with Crippen LogP contribution in [0.5, 0.6) is 0 Å². The van der Waals surface area contributed by atoms with Gasteiger partial charge in [0.1, 0.15) is 0 Å². The Kier molecular flexibility index (Phi) is 6.67. The fourth-order valence-electron chi connectivity index (χ4n) is 5.92. The van der Waals surface area contributed by atoms with Crippen LogP contribution in [0, 0.1) is 13.8 Å². The van der Waals surface area contributed by atoms with Crippen LogP contribution in [0.2, 0.25) is 0 Å². The molecule has 0 amide bonds. The highest BCUT2D eigenvalue weighted by Crippen LogP contribution is 2.41. The summed E-state index contributed by atoms with van der Waals surface area (Å²) in [6.45, 7) is 9.80. The highest BCUT2D eigenvalue weighted by Gasteiger charge is 2.41. The fourth-order valence-corrected chi connectivity index (χ4v) is 6.25. The number of fused-ring (bicyclic) bond motifs is 1. The number of aryl methyl sites for hydroxylation is 1. The van der Waals surface area contributed by atoms with E-state index in [0.717, 1.165) is 50.2 Å². The monoisotopic (exact) mass is 511 g/mol. The molecule has 4 aromatic rings. The van der Waals surface area contributed by atoms with Gasteiger partial charge < -0.3 is 19.5 Å². The Balaban J connectivity index is 1.42. The van der Waals surface area contributed by atoms with Crippen molar-refractivity contribution in [2.45, 2.75) is 25.9 Å². The van der Waals surface area contributed by atoms with Crippen LogP contribution in [-0.4, -0.2) is 63.9 Å². The van der Waals surface area contributed by atoms with Crippen molar-refractivity contribution in [2.24, 2.45) is 0 Å². The lowest BCUT2D eigenvalue weighted by Crippen LogP contribution is -2.42. The minimum atomic E-state index is -0.0140. The number of ether oxygens (including phenoxy) is 1. The Bertz CT molecular complexity index is 1410. The molecule has 4 heterocycles. The molecule has 0 aliphatic carbocycles. The SMILES string of the molecule is Cc1cc([C@H]2[C@H](c3ccccn3)NC(=S)N2CCN2CCOCC2)c(C)n1-c1cccc2ccccc12. The summed E-state index contributed by atoms with van der Waals surface area (Å²) < 4.78 is 7.96. The van der Waals surface area contributed by atoms with Crippen LogP contribution in [0.3, 0.4) is 0 Å². The van der Waals surface area contributed by atoms with Gasteiger partial charge in [-0.1, -0.05) is 42.5 Å². The van der Waals surface area contributed by atoms with Gasteiger partial charge in [-0.3, -0.25) is 9.88 Å². The van der Waals surface area contributed by atoms with Crippen LogP contribution in [0.4, 0.5) is 0 Å². The molecule has 0 radical (unpaired) electrons. The predicted octanol–water partition coefficient (Wildman–Crippen LogP) is 4.95. The molecule has 1 N–H and O–H groups in total. The topological polar surface area (TPSA) is 45.6 Å². The third-order valence-electron chi connectivity index (χ3n) is 7.76. The number of benzene rings is 2. The number of hydrogen-bond acceptors (Lipinski definition) is 4. The van der Waals surface area contributed by atoms with E-state index in [-0.39, 0.29) is 12.1 Å². The Morgan fingerprint density at radius 2 is 1.76 bits per heavy atom. The summed E-state index contributed by atoms with van der Waals surface area (Å²) in [7, 11) is 0. The van der Waals surface area contributed by atoms with Gasteiger partial charge in [-0.2, -0.15) is 0 Å². The van der Waals surface area contributed by atoms with Crippen molar-refractivity contribution in [2.75, 3.05) is 39.4 Å². The maximum absolute atomic E-state index is 5.94. The van der Waals surface area contributed by atoms with Gasteiger partial charge in [-0.25, -0.2) is 0 Å². The molecule has 0 saturated carbocycles. The number of hydrogen-bond donors (Lipinski definition) is 1. The molecule has 2 fully saturated rings. The molecule has 2 aromatic heterocycles. The molecule has 6 rings (SSSR count). The lowest BCUT2D eigenvalue weighted by Gasteiger charge is -2.32. The third kappa shape index (κ3) is 4.52. The van der Waals surface area contributed by atoms with Gasteiger partial charge in [0, 0.05) is 49.1 Å². The lowest BCUT2D eigenvalue weighted by atomic mass is 9.96. The standard InChI is InChI=1S/C30H33N5OS/c1-21-20-25(22(2)35(21)27-12-7-9-23-8-3-4-10-24(23)27)29-28(26-11-5-6-13-31-26)32-30(37)34(29)15-14-33-16-18-36-19-17-33/h3-13,20,28-29H,14-19H2,1-2H3,(H,32,37)/t28-,29-/m0/s1. The molecule has 190 valence electrons. The smallest absolute Gasteiger partial charge is 0.170 e. The summed E-state index contributed by atoms with van der Waals surface area (Å²) in [5.74, 6) is 0. The predicted molar refractivity (Wildman–Crippen MR) is 152 cm³/mol. The van der Waals surface area contributed by atoms with E-state index in [1.807, 2.05) is 12.3 Å². The molecule has 2 atom stereocenters. The number of pyridine rings is 1. The van der Waals surface area contributed by atoms with E-state index in [1.54, 1.807) is 0 Å². The Hall–Kier alpha value is -3.26. The molecule has 7 heteroatoms. The van der Waals surface area contributed by atoms with Crippen molar-refractivity contribution in [3.8, 4) is 5.69 Å². The zero-order valence-electron chi connectivity index (χ0n) is 21.4. The highest BCUT2D eigenvalue weighted by molar-refractivity contribution is 7.80. The van der Waals surface area contributed by atoms with Gasteiger partial charge >= 0.3 is 0 Å². The van der Waals surface area contributed by atoms with Crippen molar-refractivity contribution in [1.29, 1.82) is 0 Å². The van der Waals surface area contributed by atoms with E-state index >= 15 is 0 Å².